The van der Waals surface area contributed by atoms with Crippen LogP contribution in [0.5, 0.6) is 0 Å². The number of hydrogen-bond acceptors (Lipinski definition) is 0. The van der Waals surface area contributed by atoms with Crippen LogP contribution in [0.25, 0.3) is 0 Å². The molecule has 0 heterocycles. The molecule has 5 atom stereocenters. The Morgan fingerprint density at radius 2 is 2.07 bits per heavy atom. The third-order valence-electron chi connectivity index (χ3n) is 5.02. The van der Waals surface area contributed by atoms with E-state index in [4.69, 9.17) is 0 Å². The minimum Gasteiger partial charge on any atom is -0.0882 e. The maximum atomic E-state index is 2.52. The molecule has 0 radical (unpaired) electrons. The summed E-state index contributed by atoms with van der Waals surface area (Å²) in [5.74, 6) is 4.79. The van der Waals surface area contributed by atoms with Crippen molar-refractivity contribution in [1.29, 1.82) is 0 Å². The van der Waals surface area contributed by atoms with Crippen molar-refractivity contribution in [2.75, 3.05) is 0 Å². The smallest absolute Gasteiger partial charge is 0.0197 e. The summed E-state index contributed by atoms with van der Waals surface area (Å²) in [4.78, 5) is 0. The average Bonchev–Trinajstić information content (AvgIpc) is 2.90. The second-order valence-electron chi connectivity index (χ2n) is 5.92. The molecular formula is C15H22. The van der Waals surface area contributed by atoms with Gasteiger partial charge in [0.1, 0.15) is 0 Å². The zero-order valence-corrected chi connectivity index (χ0v) is 9.95. The van der Waals surface area contributed by atoms with Gasteiger partial charge in [0.2, 0.25) is 0 Å². The van der Waals surface area contributed by atoms with Crippen molar-refractivity contribution >= 4 is 0 Å². The van der Waals surface area contributed by atoms with Crippen LogP contribution in [0, 0.1) is 29.6 Å². The lowest BCUT2D eigenvalue weighted by Crippen LogP contribution is -2.19. The highest BCUT2D eigenvalue weighted by atomic mass is 14.5. The molecule has 3 rings (SSSR count). The van der Waals surface area contributed by atoms with Crippen LogP contribution >= 0.6 is 0 Å². The van der Waals surface area contributed by atoms with Crippen LogP contribution in [0.4, 0.5) is 0 Å². The SMILES string of the molecule is C/C=C1/CC2CC1CC2C1C=CC(C)C1. The molecule has 0 nitrogen and oxygen atoms in total. The van der Waals surface area contributed by atoms with Gasteiger partial charge in [-0.25, -0.2) is 0 Å². The number of hydrogen-bond donors (Lipinski definition) is 0. The third kappa shape index (κ3) is 1.49. The van der Waals surface area contributed by atoms with Gasteiger partial charge in [0.25, 0.3) is 0 Å². The lowest BCUT2D eigenvalue weighted by atomic mass is 9.77. The van der Waals surface area contributed by atoms with Crippen molar-refractivity contribution in [3.63, 3.8) is 0 Å². The van der Waals surface area contributed by atoms with E-state index in [1.165, 1.54) is 25.7 Å². The predicted octanol–water partition coefficient (Wildman–Crippen LogP) is 4.19. The van der Waals surface area contributed by atoms with Gasteiger partial charge in [-0.15, -0.1) is 0 Å². The molecular weight excluding hydrogens is 180 g/mol. The maximum absolute atomic E-state index is 2.52. The number of fused-ring (bicyclic) bond motifs is 2. The van der Waals surface area contributed by atoms with E-state index in [2.05, 4.69) is 32.1 Å². The first-order chi connectivity index (χ1) is 7.28. The van der Waals surface area contributed by atoms with Crippen LogP contribution in [0.2, 0.25) is 0 Å². The van der Waals surface area contributed by atoms with Crippen molar-refractivity contribution in [2.24, 2.45) is 29.6 Å². The highest BCUT2D eigenvalue weighted by molar-refractivity contribution is 5.19. The highest BCUT2D eigenvalue weighted by Crippen LogP contribution is 2.55. The number of allylic oxidation sites excluding steroid dienone is 4. The molecule has 2 saturated carbocycles. The third-order valence-corrected chi connectivity index (χ3v) is 5.02. The van der Waals surface area contributed by atoms with Crippen LogP contribution in [-0.2, 0) is 0 Å². The van der Waals surface area contributed by atoms with Gasteiger partial charge in [-0.05, 0) is 62.2 Å². The summed E-state index contributed by atoms with van der Waals surface area (Å²) in [6, 6.07) is 0. The lowest BCUT2D eigenvalue weighted by Gasteiger charge is -2.28. The van der Waals surface area contributed by atoms with Gasteiger partial charge in [-0.1, -0.05) is 30.7 Å². The van der Waals surface area contributed by atoms with Crippen molar-refractivity contribution in [2.45, 2.75) is 39.5 Å². The molecule has 0 aromatic heterocycles. The van der Waals surface area contributed by atoms with E-state index < -0.39 is 0 Å². The summed E-state index contributed by atoms with van der Waals surface area (Å²) in [7, 11) is 0. The van der Waals surface area contributed by atoms with E-state index in [0.29, 0.717) is 0 Å². The minimum atomic E-state index is 0.843. The Hall–Kier alpha value is -0.520. The molecule has 0 heteroatoms. The summed E-state index contributed by atoms with van der Waals surface area (Å²) < 4.78 is 0. The van der Waals surface area contributed by atoms with Crippen molar-refractivity contribution in [3.8, 4) is 0 Å². The first kappa shape index (κ1) is 9.69. The van der Waals surface area contributed by atoms with Gasteiger partial charge in [0.15, 0.2) is 0 Å². The molecule has 3 aliphatic rings. The first-order valence-corrected chi connectivity index (χ1v) is 6.61. The Balaban J connectivity index is 1.71. The quantitative estimate of drug-likeness (QED) is 0.559. The molecule has 0 aromatic carbocycles. The second kappa shape index (κ2) is 3.50. The summed E-state index contributed by atoms with van der Waals surface area (Å²) in [5.41, 5.74) is 1.77. The largest absolute Gasteiger partial charge is 0.0882 e. The fourth-order valence-corrected chi connectivity index (χ4v) is 4.28. The van der Waals surface area contributed by atoms with Crippen molar-refractivity contribution in [1.82, 2.24) is 0 Å². The van der Waals surface area contributed by atoms with E-state index in [9.17, 15) is 0 Å². The summed E-state index contributed by atoms with van der Waals surface area (Å²) in [6.07, 6.45) is 13.2. The van der Waals surface area contributed by atoms with Gasteiger partial charge < -0.3 is 0 Å². The van der Waals surface area contributed by atoms with Crippen molar-refractivity contribution in [3.05, 3.63) is 23.8 Å². The number of rotatable bonds is 1. The second-order valence-corrected chi connectivity index (χ2v) is 5.92. The zero-order valence-electron chi connectivity index (χ0n) is 9.95. The molecule has 0 amide bonds. The molecule has 5 unspecified atom stereocenters. The Kier molecular flexibility index (Phi) is 2.26. The molecule has 2 bridgehead atoms. The molecule has 0 aromatic rings. The van der Waals surface area contributed by atoms with Gasteiger partial charge >= 0.3 is 0 Å². The van der Waals surface area contributed by atoms with Crippen LogP contribution in [0.1, 0.15) is 39.5 Å². The summed E-state index contributed by atoms with van der Waals surface area (Å²) in [5, 5.41) is 0. The Morgan fingerprint density at radius 1 is 1.20 bits per heavy atom. The monoisotopic (exact) mass is 202 g/mol. The lowest BCUT2D eigenvalue weighted by molar-refractivity contribution is 0.275. The minimum absolute atomic E-state index is 0.843. The van der Waals surface area contributed by atoms with Gasteiger partial charge in [0.05, 0.1) is 0 Å². The zero-order chi connectivity index (χ0) is 10.4. The molecule has 0 saturated heterocycles. The van der Waals surface area contributed by atoms with Crippen LogP contribution in [-0.4, -0.2) is 0 Å². The van der Waals surface area contributed by atoms with E-state index in [1.807, 2.05) is 0 Å². The Bertz CT molecular complexity index is 310. The summed E-state index contributed by atoms with van der Waals surface area (Å²) in [6.45, 7) is 4.59. The Labute approximate surface area is 93.5 Å². The van der Waals surface area contributed by atoms with Crippen molar-refractivity contribution < 1.29 is 0 Å². The molecule has 0 spiro atoms. The summed E-state index contributed by atoms with van der Waals surface area (Å²) >= 11 is 0. The fourth-order valence-electron chi connectivity index (χ4n) is 4.28. The Morgan fingerprint density at radius 3 is 2.60 bits per heavy atom. The molecule has 82 valence electrons. The van der Waals surface area contributed by atoms with Gasteiger partial charge in [-0.2, -0.15) is 0 Å². The standard InChI is InChI=1S/C15H22/c1-3-11-7-14-8-13(11)9-15(14)12-5-4-10(2)6-12/h3-5,10,12-15H,6-9H2,1-2H3/b11-3-. The molecule has 2 fully saturated rings. The van der Waals surface area contributed by atoms with Crippen LogP contribution < -0.4 is 0 Å². The molecule has 15 heavy (non-hydrogen) atoms. The maximum Gasteiger partial charge on any atom is -0.0197 e. The van der Waals surface area contributed by atoms with E-state index >= 15 is 0 Å². The first-order valence-electron chi connectivity index (χ1n) is 6.61. The highest BCUT2D eigenvalue weighted by Gasteiger charge is 2.45. The van der Waals surface area contributed by atoms with E-state index in [1.54, 1.807) is 5.57 Å². The van der Waals surface area contributed by atoms with Crippen LogP contribution in [0.15, 0.2) is 23.8 Å². The van der Waals surface area contributed by atoms with E-state index in [-0.39, 0.29) is 0 Å². The normalized spacial score (nSPS) is 50.8. The fraction of sp³-hybridized carbons (Fsp3) is 0.733. The average molecular weight is 202 g/mol. The van der Waals surface area contributed by atoms with Gasteiger partial charge in [-0.3, -0.25) is 0 Å². The van der Waals surface area contributed by atoms with E-state index in [0.717, 1.165) is 29.6 Å². The predicted molar refractivity (Wildman–Crippen MR) is 64.5 cm³/mol. The van der Waals surface area contributed by atoms with Gasteiger partial charge in [0, 0.05) is 0 Å². The topological polar surface area (TPSA) is 0 Å². The molecule has 0 aliphatic heterocycles. The molecule has 3 aliphatic carbocycles. The molecule has 0 N–H and O–H groups in total. The van der Waals surface area contributed by atoms with Crippen LogP contribution in [0.3, 0.4) is 0 Å².